The Hall–Kier alpha value is -1.25. The van der Waals surface area contributed by atoms with E-state index in [0.29, 0.717) is 19.6 Å². The Morgan fingerprint density at radius 2 is 2.08 bits per heavy atom. The van der Waals surface area contributed by atoms with Crippen molar-refractivity contribution in [3.8, 4) is 0 Å². The Bertz CT molecular complexity index is 161. The standard InChI is InChI=1S/C9H14O3/c1-3-9(10)12-8-6-5-7-11-4-2/h4-6H,2-3,7-8H2,1H3. The van der Waals surface area contributed by atoms with Gasteiger partial charge in [-0.15, -0.1) is 0 Å². The highest BCUT2D eigenvalue weighted by Crippen LogP contribution is 1.85. The Morgan fingerprint density at radius 1 is 1.42 bits per heavy atom. The summed E-state index contributed by atoms with van der Waals surface area (Å²) in [6.07, 6.45) is 5.28. The first kappa shape index (κ1) is 10.8. The lowest BCUT2D eigenvalue weighted by molar-refractivity contribution is -0.141. The Kier molecular flexibility index (Phi) is 7.03. The van der Waals surface area contributed by atoms with Gasteiger partial charge in [0.15, 0.2) is 0 Å². The van der Waals surface area contributed by atoms with Crippen LogP contribution in [0.3, 0.4) is 0 Å². The fourth-order valence-corrected chi connectivity index (χ4v) is 0.503. The number of ether oxygens (including phenoxy) is 2. The van der Waals surface area contributed by atoms with Gasteiger partial charge in [0.25, 0.3) is 0 Å². The maximum absolute atomic E-state index is 10.6. The lowest BCUT2D eigenvalue weighted by Gasteiger charge is -1.97. The van der Waals surface area contributed by atoms with Gasteiger partial charge >= 0.3 is 5.97 Å². The third-order valence-corrected chi connectivity index (χ3v) is 1.11. The van der Waals surface area contributed by atoms with Crippen LogP contribution in [-0.4, -0.2) is 19.2 Å². The monoisotopic (exact) mass is 170 g/mol. The summed E-state index contributed by atoms with van der Waals surface area (Å²) in [7, 11) is 0. The number of carbonyl (C=O) groups excluding carboxylic acids is 1. The average Bonchev–Trinajstić information content (AvgIpc) is 2.10. The van der Waals surface area contributed by atoms with Gasteiger partial charge in [-0.3, -0.25) is 4.79 Å². The first-order valence-electron chi connectivity index (χ1n) is 3.84. The summed E-state index contributed by atoms with van der Waals surface area (Å²) in [5.41, 5.74) is 0. The van der Waals surface area contributed by atoms with E-state index in [2.05, 4.69) is 6.58 Å². The van der Waals surface area contributed by atoms with Crippen molar-refractivity contribution in [3.05, 3.63) is 25.0 Å². The van der Waals surface area contributed by atoms with E-state index in [1.165, 1.54) is 6.26 Å². The molecule has 0 saturated carbocycles. The molecule has 0 bridgehead atoms. The minimum atomic E-state index is -0.190. The van der Waals surface area contributed by atoms with E-state index in [-0.39, 0.29) is 5.97 Å². The molecule has 0 aliphatic rings. The highest BCUT2D eigenvalue weighted by atomic mass is 16.5. The average molecular weight is 170 g/mol. The third-order valence-electron chi connectivity index (χ3n) is 1.11. The van der Waals surface area contributed by atoms with Crippen LogP contribution in [0.15, 0.2) is 25.0 Å². The molecule has 0 rings (SSSR count). The molecule has 0 aliphatic heterocycles. The van der Waals surface area contributed by atoms with Crippen LogP contribution in [0, 0.1) is 0 Å². The summed E-state index contributed by atoms with van der Waals surface area (Å²) in [5.74, 6) is -0.190. The summed E-state index contributed by atoms with van der Waals surface area (Å²) < 4.78 is 9.57. The minimum Gasteiger partial charge on any atom is -0.498 e. The van der Waals surface area contributed by atoms with E-state index in [9.17, 15) is 4.79 Å². The molecular formula is C9H14O3. The molecule has 0 fully saturated rings. The number of carbonyl (C=O) groups is 1. The van der Waals surface area contributed by atoms with Crippen molar-refractivity contribution >= 4 is 5.97 Å². The number of esters is 1. The summed E-state index contributed by atoms with van der Waals surface area (Å²) in [5, 5.41) is 0. The molecule has 0 aromatic carbocycles. The second-order valence-electron chi connectivity index (χ2n) is 2.01. The molecule has 0 saturated heterocycles. The molecule has 0 N–H and O–H groups in total. The molecule has 0 unspecified atom stereocenters. The molecule has 0 amide bonds. The van der Waals surface area contributed by atoms with Crippen LogP contribution in [0.25, 0.3) is 0 Å². The Morgan fingerprint density at radius 3 is 2.67 bits per heavy atom. The highest BCUT2D eigenvalue weighted by Gasteiger charge is 1.93. The van der Waals surface area contributed by atoms with E-state index in [1.807, 2.05) is 0 Å². The predicted molar refractivity (Wildman–Crippen MR) is 46.5 cm³/mol. The fourth-order valence-electron chi connectivity index (χ4n) is 0.503. The third kappa shape index (κ3) is 6.86. The number of rotatable bonds is 6. The molecule has 3 nitrogen and oxygen atoms in total. The van der Waals surface area contributed by atoms with Crippen molar-refractivity contribution in [2.75, 3.05) is 13.2 Å². The van der Waals surface area contributed by atoms with E-state index in [4.69, 9.17) is 9.47 Å². The van der Waals surface area contributed by atoms with Crippen molar-refractivity contribution in [1.29, 1.82) is 0 Å². The van der Waals surface area contributed by atoms with Crippen LogP contribution >= 0.6 is 0 Å². The van der Waals surface area contributed by atoms with Crippen molar-refractivity contribution in [3.63, 3.8) is 0 Å². The molecule has 0 spiro atoms. The van der Waals surface area contributed by atoms with Gasteiger partial charge in [0.2, 0.25) is 0 Å². The van der Waals surface area contributed by atoms with Gasteiger partial charge in [0.05, 0.1) is 6.26 Å². The van der Waals surface area contributed by atoms with E-state index >= 15 is 0 Å². The molecule has 0 aliphatic carbocycles. The van der Waals surface area contributed by atoms with Crippen LogP contribution in [0.2, 0.25) is 0 Å². The van der Waals surface area contributed by atoms with Crippen molar-refractivity contribution in [1.82, 2.24) is 0 Å². The first-order chi connectivity index (χ1) is 5.81. The molecule has 0 heterocycles. The largest absolute Gasteiger partial charge is 0.498 e. The van der Waals surface area contributed by atoms with Crippen LogP contribution < -0.4 is 0 Å². The zero-order valence-electron chi connectivity index (χ0n) is 7.29. The van der Waals surface area contributed by atoms with E-state index in [1.54, 1.807) is 19.1 Å². The normalized spacial score (nSPS) is 9.75. The Balaban J connectivity index is 3.23. The van der Waals surface area contributed by atoms with Gasteiger partial charge in [0.1, 0.15) is 13.2 Å². The zero-order chi connectivity index (χ0) is 9.23. The van der Waals surface area contributed by atoms with E-state index in [0.717, 1.165) is 0 Å². The van der Waals surface area contributed by atoms with Gasteiger partial charge < -0.3 is 9.47 Å². The Labute approximate surface area is 72.7 Å². The quantitative estimate of drug-likeness (QED) is 0.263. The van der Waals surface area contributed by atoms with Crippen molar-refractivity contribution in [2.24, 2.45) is 0 Å². The van der Waals surface area contributed by atoms with Gasteiger partial charge in [-0.05, 0) is 12.2 Å². The van der Waals surface area contributed by atoms with Crippen LogP contribution in [0.1, 0.15) is 13.3 Å². The maximum Gasteiger partial charge on any atom is 0.305 e. The molecule has 0 atom stereocenters. The molecule has 12 heavy (non-hydrogen) atoms. The smallest absolute Gasteiger partial charge is 0.305 e. The van der Waals surface area contributed by atoms with Crippen LogP contribution in [-0.2, 0) is 14.3 Å². The molecule has 0 aromatic heterocycles. The zero-order valence-corrected chi connectivity index (χ0v) is 7.29. The highest BCUT2D eigenvalue weighted by molar-refractivity contribution is 5.68. The molecule has 0 radical (unpaired) electrons. The molecule has 68 valence electrons. The summed E-state index contributed by atoms with van der Waals surface area (Å²) >= 11 is 0. The van der Waals surface area contributed by atoms with Gasteiger partial charge in [-0.2, -0.15) is 0 Å². The maximum atomic E-state index is 10.6. The second-order valence-corrected chi connectivity index (χ2v) is 2.01. The van der Waals surface area contributed by atoms with Gasteiger partial charge in [-0.1, -0.05) is 13.5 Å². The summed E-state index contributed by atoms with van der Waals surface area (Å²) in [6.45, 7) is 5.91. The summed E-state index contributed by atoms with van der Waals surface area (Å²) in [4.78, 5) is 10.6. The van der Waals surface area contributed by atoms with Crippen molar-refractivity contribution in [2.45, 2.75) is 13.3 Å². The van der Waals surface area contributed by atoms with Crippen LogP contribution in [0.5, 0.6) is 0 Å². The van der Waals surface area contributed by atoms with Gasteiger partial charge in [0, 0.05) is 6.42 Å². The van der Waals surface area contributed by atoms with Gasteiger partial charge in [-0.25, -0.2) is 0 Å². The molecular weight excluding hydrogens is 156 g/mol. The topological polar surface area (TPSA) is 35.5 Å². The first-order valence-corrected chi connectivity index (χ1v) is 3.84. The van der Waals surface area contributed by atoms with Crippen LogP contribution in [0.4, 0.5) is 0 Å². The summed E-state index contributed by atoms with van der Waals surface area (Å²) in [6, 6.07) is 0. The fraction of sp³-hybridized carbons (Fsp3) is 0.444. The van der Waals surface area contributed by atoms with E-state index < -0.39 is 0 Å². The minimum absolute atomic E-state index is 0.190. The second kappa shape index (κ2) is 7.85. The predicted octanol–water partition coefficient (Wildman–Crippen LogP) is 1.66. The lowest BCUT2D eigenvalue weighted by atomic mass is 10.5. The molecule has 0 aromatic rings. The lowest BCUT2D eigenvalue weighted by Crippen LogP contribution is -2.01. The number of hydrogen-bond donors (Lipinski definition) is 0. The number of hydrogen-bond acceptors (Lipinski definition) is 3. The molecule has 3 heteroatoms. The SMILES string of the molecule is C=COCC=CCOC(=O)CC. The van der Waals surface area contributed by atoms with Crippen molar-refractivity contribution < 1.29 is 14.3 Å².